The van der Waals surface area contributed by atoms with Crippen molar-refractivity contribution in [3.63, 3.8) is 0 Å². The van der Waals surface area contributed by atoms with Crippen molar-refractivity contribution in [2.45, 2.75) is 50.6 Å². The molecule has 2 atom stereocenters. The largest absolute Gasteiger partial charge is 0.383 e. The molecular formula is C13H24N2O2. The molecule has 98 valence electrons. The van der Waals surface area contributed by atoms with Gasteiger partial charge in [-0.1, -0.05) is 6.42 Å². The second-order valence-electron chi connectivity index (χ2n) is 5.14. The summed E-state index contributed by atoms with van der Waals surface area (Å²) >= 11 is 0. The fourth-order valence-corrected chi connectivity index (χ4v) is 2.92. The Morgan fingerprint density at radius 3 is 2.82 bits per heavy atom. The summed E-state index contributed by atoms with van der Waals surface area (Å²) in [6.07, 6.45) is 6.81. The molecule has 0 saturated carbocycles. The van der Waals surface area contributed by atoms with E-state index in [0.29, 0.717) is 18.6 Å². The Hall–Kier alpha value is -0.610. The third kappa shape index (κ3) is 3.19. The molecule has 0 aliphatic carbocycles. The lowest BCUT2D eigenvalue weighted by atomic mass is 9.98. The number of amides is 1. The summed E-state index contributed by atoms with van der Waals surface area (Å²) in [6.45, 7) is 2.57. The van der Waals surface area contributed by atoms with Gasteiger partial charge in [-0.3, -0.25) is 4.79 Å². The van der Waals surface area contributed by atoms with Crippen LogP contribution in [0.15, 0.2) is 0 Å². The highest BCUT2D eigenvalue weighted by Gasteiger charge is 2.31. The van der Waals surface area contributed by atoms with E-state index < -0.39 is 0 Å². The predicted molar refractivity (Wildman–Crippen MR) is 66.9 cm³/mol. The van der Waals surface area contributed by atoms with Crippen molar-refractivity contribution in [2.75, 3.05) is 26.8 Å². The van der Waals surface area contributed by atoms with Gasteiger partial charge in [-0.2, -0.15) is 0 Å². The summed E-state index contributed by atoms with van der Waals surface area (Å²) in [4.78, 5) is 14.5. The number of likely N-dealkylation sites (tertiary alicyclic amines) is 1. The molecule has 0 aromatic rings. The number of hydrogen-bond acceptors (Lipinski definition) is 3. The van der Waals surface area contributed by atoms with Crippen molar-refractivity contribution in [1.82, 2.24) is 10.2 Å². The summed E-state index contributed by atoms with van der Waals surface area (Å²) in [5, 5.41) is 3.35. The van der Waals surface area contributed by atoms with Crippen molar-refractivity contribution >= 4 is 5.91 Å². The van der Waals surface area contributed by atoms with E-state index in [2.05, 4.69) is 10.2 Å². The van der Waals surface area contributed by atoms with Crippen molar-refractivity contribution in [1.29, 1.82) is 0 Å². The molecule has 2 aliphatic rings. The number of ether oxygens (including phenoxy) is 1. The number of nitrogens with zero attached hydrogens (tertiary/aromatic N) is 1. The molecule has 17 heavy (non-hydrogen) atoms. The molecule has 0 aromatic carbocycles. The van der Waals surface area contributed by atoms with Gasteiger partial charge in [-0.25, -0.2) is 0 Å². The summed E-state index contributed by atoms with van der Waals surface area (Å²) in [7, 11) is 1.72. The van der Waals surface area contributed by atoms with E-state index in [1.165, 1.54) is 19.3 Å². The van der Waals surface area contributed by atoms with Gasteiger partial charge in [0.25, 0.3) is 0 Å². The van der Waals surface area contributed by atoms with E-state index in [-0.39, 0.29) is 6.04 Å². The minimum absolute atomic E-state index is 0.0567. The lowest BCUT2D eigenvalue weighted by molar-refractivity contribution is -0.139. The molecule has 2 unspecified atom stereocenters. The number of hydrogen-bond donors (Lipinski definition) is 1. The lowest BCUT2D eigenvalue weighted by Gasteiger charge is -2.38. The van der Waals surface area contributed by atoms with Gasteiger partial charge in [0, 0.05) is 13.7 Å². The van der Waals surface area contributed by atoms with Gasteiger partial charge in [0.2, 0.25) is 5.91 Å². The van der Waals surface area contributed by atoms with E-state index in [0.717, 1.165) is 32.4 Å². The Balaban J connectivity index is 1.94. The van der Waals surface area contributed by atoms with Crippen LogP contribution in [0.2, 0.25) is 0 Å². The Kier molecular flexibility index (Phi) is 4.80. The van der Waals surface area contributed by atoms with Crippen LogP contribution in [0, 0.1) is 0 Å². The zero-order valence-corrected chi connectivity index (χ0v) is 10.8. The van der Waals surface area contributed by atoms with Crippen LogP contribution in [-0.4, -0.2) is 49.7 Å². The first-order chi connectivity index (χ1) is 8.33. The average molecular weight is 240 g/mol. The predicted octanol–water partition coefficient (Wildman–Crippen LogP) is 1.16. The highest BCUT2D eigenvalue weighted by atomic mass is 16.5. The van der Waals surface area contributed by atoms with Crippen LogP contribution < -0.4 is 5.32 Å². The third-order valence-electron chi connectivity index (χ3n) is 3.88. The highest BCUT2D eigenvalue weighted by molar-refractivity contribution is 5.82. The maximum absolute atomic E-state index is 12.4. The van der Waals surface area contributed by atoms with Crippen LogP contribution in [-0.2, 0) is 9.53 Å². The molecule has 0 aromatic heterocycles. The van der Waals surface area contributed by atoms with Gasteiger partial charge < -0.3 is 15.0 Å². The van der Waals surface area contributed by atoms with Crippen LogP contribution in [0.25, 0.3) is 0 Å². The lowest BCUT2D eigenvalue weighted by Crippen LogP contribution is -2.54. The highest BCUT2D eigenvalue weighted by Crippen LogP contribution is 2.20. The Labute approximate surface area is 104 Å². The first-order valence-electron chi connectivity index (χ1n) is 6.85. The number of carbonyl (C=O) groups excluding carboxylic acids is 1. The third-order valence-corrected chi connectivity index (χ3v) is 3.88. The van der Waals surface area contributed by atoms with Gasteiger partial charge >= 0.3 is 0 Å². The molecule has 1 N–H and O–H groups in total. The fraction of sp³-hybridized carbons (Fsp3) is 0.923. The molecule has 2 saturated heterocycles. The smallest absolute Gasteiger partial charge is 0.240 e. The van der Waals surface area contributed by atoms with E-state index >= 15 is 0 Å². The minimum atomic E-state index is 0.0567. The zero-order chi connectivity index (χ0) is 12.1. The number of methoxy groups -OCH3 is 1. The summed E-state index contributed by atoms with van der Waals surface area (Å²) in [6, 6.07) is 0.353. The topological polar surface area (TPSA) is 41.6 Å². The Morgan fingerprint density at radius 2 is 2.12 bits per heavy atom. The first-order valence-corrected chi connectivity index (χ1v) is 6.85. The van der Waals surface area contributed by atoms with E-state index in [9.17, 15) is 4.79 Å². The van der Waals surface area contributed by atoms with Gasteiger partial charge in [0.1, 0.15) is 0 Å². The molecule has 4 heteroatoms. The fourth-order valence-electron chi connectivity index (χ4n) is 2.92. The second-order valence-corrected chi connectivity index (χ2v) is 5.14. The minimum Gasteiger partial charge on any atom is -0.383 e. The number of nitrogens with one attached hydrogen (secondary N) is 1. The van der Waals surface area contributed by atoms with Gasteiger partial charge in [-0.15, -0.1) is 0 Å². The summed E-state index contributed by atoms with van der Waals surface area (Å²) < 4.78 is 5.23. The summed E-state index contributed by atoms with van der Waals surface area (Å²) in [5.74, 6) is 0.298. The van der Waals surface area contributed by atoms with Crippen LogP contribution in [0.3, 0.4) is 0 Å². The molecular weight excluding hydrogens is 216 g/mol. The van der Waals surface area contributed by atoms with Crippen molar-refractivity contribution in [3.05, 3.63) is 0 Å². The summed E-state index contributed by atoms with van der Waals surface area (Å²) in [5.41, 5.74) is 0. The van der Waals surface area contributed by atoms with E-state index in [1.54, 1.807) is 7.11 Å². The molecule has 0 radical (unpaired) electrons. The standard InChI is InChI=1S/C13H24N2O2/c1-17-10-11-6-3-5-9-15(11)13(16)12-7-2-4-8-14-12/h11-12,14H,2-10H2,1H3. The second kappa shape index (κ2) is 6.36. The van der Waals surface area contributed by atoms with E-state index in [1.807, 2.05) is 0 Å². The first kappa shape index (κ1) is 12.8. The van der Waals surface area contributed by atoms with Gasteiger partial charge in [-0.05, 0) is 38.6 Å². The number of rotatable bonds is 3. The number of carbonyl (C=O) groups is 1. The van der Waals surface area contributed by atoms with Crippen LogP contribution in [0.4, 0.5) is 0 Å². The van der Waals surface area contributed by atoms with Crippen LogP contribution >= 0.6 is 0 Å². The van der Waals surface area contributed by atoms with Crippen LogP contribution in [0.5, 0.6) is 0 Å². The van der Waals surface area contributed by atoms with Crippen molar-refractivity contribution in [3.8, 4) is 0 Å². The zero-order valence-electron chi connectivity index (χ0n) is 10.8. The SMILES string of the molecule is COCC1CCCCN1C(=O)C1CCCCN1. The quantitative estimate of drug-likeness (QED) is 0.805. The van der Waals surface area contributed by atoms with Gasteiger partial charge in [0.05, 0.1) is 18.7 Å². The Bertz CT molecular complexity index is 250. The van der Waals surface area contributed by atoms with Crippen molar-refractivity contribution in [2.24, 2.45) is 0 Å². The molecule has 0 bridgehead atoms. The maximum atomic E-state index is 12.4. The number of piperidine rings is 2. The van der Waals surface area contributed by atoms with E-state index in [4.69, 9.17) is 4.74 Å². The molecule has 1 amide bonds. The molecule has 2 heterocycles. The molecule has 0 spiro atoms. The van der Waals surface area contributed by atoms with Crippen molar-refractivity contribution < 1.29 is 9.53 Å². The Morgan fingerprint density at radius 1 is 1.29 bits per heavy atom. The molecule has 2 rings (SSSR count). The average Bonchev–Trinajstić information content (AvgIpc) is 2.40. The molecule has 2 aliphatic heterocycles. The van der Waals surface area contributed by atoms with Crippen LogP contribution in [0.1, 0.15) is 38.5 Å². The molecule has 4 nitrogen and oxygen atoms in total. The monoisotopic (exact) mass is 240 g/mol. The molecule has 2 fully saturated rings. The maximum Gasteiger partial charge on any atom is 0.240 e. The van der Waals surface area contributed by atoms with Gasteiger partial charge in [0.15, 0.2) is 0 Å². The normalized spacial score (nSPS) is 30.3.